The molecule has 1 aliphatic rings. The van der Waals surface area contributed by atoms with E-state index in [4.69, 9.17) is 37.6 Å². The second-order valence-electron chi connectivity index (χ2n) is 7.23. The number of ether oxygens (including phenoxy) is 2. The number of carbonyl (C=O) groups is 1. The van der Waals surface area contributed by atoms with Crippen molar-refractivity contribution in [1.29, 1.82) is 10.8 Å². The standard InChI is InChI=1S/C15H19N3O4.C6H6ClN.C2H6/c1-15(2,20)8-22-11-5-4-9(6-12(11)21-3)18-7-10(16)13(17)14(18)19;7-5-1-3-6(8)4-2-5;1-2/h4-6,16-17,20H,7-8H2,1-3H3;1-4H,8H2;1-2H3. The van der Waals surface area contributed by atoms with E-state index < -0.39 is 11.5 Å². The second kappa shape index (κ2) is 12.1. The van der Waals surface area contributed by atoms with Crippen molar-refractivity contribution in [2.24, 2.45) is 0 Å². The number of hydrogen-bond donors (Lipinski definition) is 4. The molecule has 1 saturated heterocycles. The van der Waals surface area contributed by atoms with E-state index >= 15 is 0 Å². The number of amides is 1. The molecule has 1 amide bonds. The van der Waals surface area contributed by atoms with Crippen molar-refractivity contribution in [3.05, 3.63) is 47.5 Å². The summed E-state index contributed by atoms with van der Waals surface area (Å²) in [6.45, 7) is 7.44. The molecular weight excluding hydrogens is 432 g/mol. The predicted molar refractivity (Wildman–Crippen MR) is 130 cm³/mol. The first-order valence-electron chi connectivity index (χ1n) is 10.0. The number of hydrogen-bond acceptors (Lipinski definition) is 7. The maximum absolute atomic E-state index is 11.9. The second-order valence-corrected chi connectivity index (χ2v) is 7.67. The van der Waals surface area contributed by atoms with Gasteiger partial charge in [0.2, 0.25) is 0 Å². The zero-order valence-corrected chi connectivity index (χ0v) is 19.8. The summed E-state index contributed by atoms with van der Waals surface area (Å²) in [6.07, 6.45) is 0. The van der Waals surface area contributed by atoms with Crippen LogP contribution in [0.3, 0.4) is 0 Å². The van der Waals surface area contributed by atoms with Crippen LogP contribution in [-0.4, -0.2) is 48.3 Å². The first kappa shape index (κ1) is 26.9. The Morgan fingerprint density at radius 1 is 1.12 bits per heavy atom. The molecule has 174 valence electrons. The van der Waals surface area contributed by atoms with Gasteiger partial charge in [0.1, 0.15) is 12.3 Å². The Morgan fingerprint density at radius 3 is 2.16 bits per heavy atom. The molecule has 0 atom stereocenters. The van der Waals surface area contributed by atoms with Crippen LogP contribution in [-0.2, 0) is 4.79 Å². The molecule has 9 heteroatoms. The Morgan fingerprint density at radius 2 is 1.72 bits per heavy atom. The Labute approximate surface area is 193 Å². The summed E-state index contributed by atoms with van der Waals surface area (Å²) < 4.78 is 10.8. The van der Waals surface area contributed by atoms with Gasteiger partial charge in [-0.1, -0.05) is 25.4 Å². The van der Waals surface area contributed by atoms with Gasteiger partial charge >= 0.3 is 0 Å². The SMILES string of the molecule is CC.COc1cc(N2CC(=N)C(=N)C2=O)ccc1OCC(C)(C)O.Nc1ccc(Cl)cc1. The van der Waals surface area contributed by atoms with Gasteiger partial charge in [0.25, 0.3) is 5.91 Å². The molecule has 0 spiro atoms. The number of nitrogens with one attached hydrogen (secondary N) is 2. The van der Waals surface area contributed by atoms with Gasteiger partial charge in [-0.05, 0) is 50.2 Å². The Hall–Kier alpha value is -3.10. The third kappa shape index (κ3) is 7.86. The monoisotopic (exact) mass is 462 g/mol. The lowest BCUT2D eigenvalue weighted by atomic mass is 10.2. The molecule has 2 aromatic rings. The molecule has 0 aromatic heterocycles. The van der Waals surface area contributed by atoms with E-state index in [9.17, 15) is 9.90 Å². The Balaban J connectivity index is 0.000000427. The quantitative estimate of drug-likeness (QED) is 0.494. The first-order valence-corrected chi connectivity index (χ1v) is 10.4. The van der Waals surface area contributed by atoms with E-state index in [0.717, 1.165) is 10.7 Å². The van der Waals surface area contributed by atoms with Crippen LogP contribution in [0.15, 0.2) is 42.5 Å². The molecular formula is C23H31ClN4O4. The molecule has 0 aliphatic carbocycles. The molecule has 1 fully saturated rings. The van der Waals surface area contributed by atoms with Gasteiger partial charge in [-0.3, -0.25) is 10.2 Å². The number of anilines is 2. The van der Waals surface area contributed by atoms with Crippen molar-refractivity contribution in [2.75, 3.05) is 30.9 Å². The van der Waals surface area contributed by atoms with E-state index in [0.29, 0.717) is 17.2 Å². The van der Waals surface area contributed by atoms with Gasteiger partial charge in [0, 0.05) is 22.5 Å². The van der Waals surface area contributed by atoms with Crippen LogP contribution in [0.1, 0.15) is 27.7 Å². The Kier molecular flexibility index (Phi) is 10.2. The van der Waals surface area contributed by atoms with Crippen molar-refractivity contribution in [2.45, 2.75) is 33.3 Å². The van der Waals surface area contributed by atoms with Crippen molar-refractivity contribution in [1.82, 2.24) is 0 Å². The molecule has 0 unspecified atom stereocenters. The summed E-state index contributed by atoms with van der Waals surface area (Å²) in [5, 5.41) is 25.5. The van der Waals surface area contributed by atoms with E-state index in [1.807, 2.05) is 13.8 Å². The number of nitrogen functional groups attached to an aromatic ring is 1. The van der Waals surface area contributed by atoms with Crippen LogP contribution < -0.4 is 20.1 Å². The summed E-state index contributed by atoms with van der Waals surface area (Å²) in [7, 11) is 1.48. The highest BCUT2D eigenvalue weighted by molar-refractivity contribution is 6.72. The van der Waals surface area contributed by atoms with Crippen LogP contribution in [0.5, 0.6) is 11.5 Å². The fourth-order valence-electron chi connectivity index (χ4n) is 2.44. The number of carbonyl (C=O) groups excluding carboxylic acids is 1. The Bertz CT molecular complexity index is 919. The number of halogens is 1. The molecule has 5 N–H and O–H groups in total. The molecule has 1 aliphatic heterocycles. The van der Waals surface area contributed by atoms with Gasteiger partial charge < -0.3 is 30.6 Å². The van der Waals surface area contributed by atoms with Crippen LogP contribution in [0.4, 0.5) is 11.4 Å². The van der Waals surface area contributed by atoms with Crippen LogP contribution in [0.25, 0.3) is 0 Å². The third-order valence-corrected chi connectivity index (χ3v) is 4.24. The molecule has 0 bridgehead atoms. The normalized spacial score (nSPS) is 13.1. The summed E-state index contributed by atoms with van der Waals surface area (Å²) in [5.41, 5.74) is 5.37. The molecule has 3 rings (SSSR count). The number of benzene rings is 2. The van der Waals surface area contributed by atoms with Gasteiger partial charge in [-0.15, -0.1) is 0 Å². The topological polar surface area (TPSA) is 133 Å². The van der Waals surface area contributed by atoms with Crippen molar-refractivity contribution in [3.63, 3.8) is 0 Å². The highest BCUT2D eigenvalue weighted by atomic mass is 35.5. The minimum Gasteiger partial charge on any atom is -0.493 e. The number of methoxy groups -OCH3 is 1. The lowest BCUT2D eigenvalue weighted by Crippen LogP contribution is -2.28. The molecule has 8 nitrogen and oxygen atoms in total. The third-order valence-electron chi connectivity index (χ3n) is 3.99. The molecule has 0 saturated carbocycles. The predicted octanol–water partition coefficient (Wildman–Crippen LogP) is 4.18. The van der Waals surface area contributed by atoms with Crippen molar-refractivity contribution in [3.8, 4) is 11.5 Å². The molecule has 2 aromatic carbocycles. The van der Waals surface area contributed by atoms with Gasteiger partial charge in [-0.25, -0.2) is 0 Å². The average molecular weight is 463 g/mol. The van der Waals surface area contributed by atoms with E-state index in [-0.39, 0.29) is 24.6 Å². The smallest absolute Gasteiger partial charge is 0.278 e. The highest BCUT2D eigenvalue weighted by Gasteiger charge is 2.32. The van der Waals surface area contributed by atoms with Crippen LogP contribution >= 0.6 is 11.6 Å². The maximum Gasteiger partial charge on any atom is 0.278 e. The lowest BCUT2D eigenvalue weighted by Gasteiger charge is -2.21. The summed E-state index contributed by atoms with van der Waals surface area (Å²) >= 11 is 5.56. The largest absolute Gasteiger partial charge is 0.493 e. The minimum absolute atomic E-state index is 0.00803. The van der Waals surface area contributed by atoms with E-state index in [1.54, 1.807) is 56.3 Å². The van der Waals surface area contributed by atoms with Gasteiger partial charge in [-0.2, -0.15) is 0 Å². The zero-order chi connectivity index (χ0) is 24.5. The van der Waals surface area contributed by atoms with Gasteiger partial charge in [0.05, 0.1) is 25.0 Å². The molecule has 32 heavy (non-hydrogen) atoms. The summed E-state index contributed by atoms with van der Waals surface area (Å²) in [4.78, 5) is 13.3. The average Bonchev–Trinajstić information content (AvgIpc) is 3.03. The number of aliphatic hydroxyl groups is 1. The number of rotatable bonds is 5. The maximum atomic E-state index is 11.9. The fourth-order valence-corrected chi connectivity index (χ4v) is 2.57. The van der Waals surface area contributed by atoms with Crippen LogP contribution in [0.2, 0.25) is 5.02 Å². The highest BCUT2D eigenvalue weighted by Crippen LogP contribution is 2.33. The van der Waals surface area contributed by atoms with Crippen LogP contribution in [0, 0.1) is 10.8 Å². The fraction of sp³-hybridized carbons (Fsp3) is 0.348. The lowest BCUT2D eigenvalue weighted by molar-refractivity contribution is -0.111. The summed E-state index contributed by atoms with van der Waals surface area (Å²) in [5.74, 6) is 0.363. The summed E-state index contributed by atoms with van der Waals surface area (Å²) in [6, 6.07) is 12.0. The molecule has 1 heterocycles. The minimum atomic E-state index is -0.973. The van der Waals surface area contributed by atoms with Crippen molar-refractivity contribution < 1.29 is 19.4 Å². The number of nitrogens with two attached hydrogens (primary N) is 1. The first-order chi connectivity index (χ1) is 15.0. The van der Waals surface area contributed by atoms with Crippen molar-refractivity contribution >= 4 is 40.3 Å². The van der Waals surface area contributed by atoms with E-state index in [2.05, 4.69) is 0 Å². The molecule has 0 radical (unpaired) electrons. The van der Waals surface area contributed by atoms with E-state index in [1.165, 1.54) is 12.0 Å². The van der Waals surface area contributed by atoms with Gasteiger partial charge in [0.15, 0.2) is 11.5 Å². The zero-order valence-electron chi connectivity index (χ0n) is 19.0. The number of nitrogens with zero attached hydrogens (tertiary/aromatic N) is 1.